The van der Waals surface area contributed by atoms with Crippen LogP contribution in [0.5, 0.6) is 0 Å². The fraction of sp³-hybridized carbons (Fsp3) is 0.364. The summed E-state index contributed by atoms with van der Waals surface area (Å²) in [5.41, 5.74) is 3.29. The summed E-state index contributed by atoms with van der Waals surface area (Å²) in [6.45, 7) is 7.25. The maximum Gasteiger partial charge on any atom is 0.269 e. The number of anilines is 2. The number of nitrogens with zero attached hydrogens (tertiary/aromatic N) is 8. The molecule has 4 N–H and O–H groups in total. The number of hydrogen-bond acceptors (Lipinski definition) is 12. The lowest BCUT2D eigenvalue weighted by Crippen LogP contribution is -2.45. The lowest BCUT2D eigenvalue weighted by molar-refractivity contribution is -0.116. The molecule has 0 unspecified atom stereocenters. The molecule has 2 amide bonds. The fourth-order valence-corrected chi connectivity index (χ4v) is 7.62. The van der Waals surface area contributed by atoms with Gasteiger partial charge in [-0.1, -0.05) is 36.4 Å². The third-order valence-electron chi connectivity index (χ3n) is 10.9. The highest BCUT2D eigenvalue weighted by Gasteiger charge is 2.21. The molecule has 6 heterocycles. The summed E-state index contributed by atoms with van der Waals surface area (Å²) in [6.07, 6.45) is 10.0. The number of carbonyl (C=O) groups is 2. The van der Waals surface area contributed by atoms with Crippen LogP contribution < -0.4 is 32.4 Å². The number of amides is 2. The van der Waals surface area contributed by atoms with Gasteiger partial charge >= 0.3 is 0 Å². The van der Waals surface area contributed by atoms with E-state index in [2.05, 4.69) is 51.0 Å². The molecule has 8 rings (SSSR count). The van der Waals surface area contributed by atoms with Crippen LogP contribution in [-0.4, -0.2) is 115 Å². The Kier molecular flexibility index (Phi) is 14.8. The zero-order valence-corrected chi connectivity index (χ0v) is 33.7. The molecule has 4 aromatic heterocycles. The van der Waals surface area contributed by atoms with Crippen molar-refractivity contribution >= 4 is 45.5 Å². The summed E-state index contributed by atoms with van der Waals surface area (Å²) >= 11 is 0. The van der Waals surface area contributed by atoms with Crippen molar-refractivity contribution in [2.24, 2.45) is 0 Å². The van der Waals surface area contributed by atoms with E-state index in [1.165, 1.54) is 12.4 Å². The first-order valence-corrected chi connectivity index (χ1v) is 20.6. The summed E-state index contributed by atoms with van der Waals surface area (Å²) in [5, 5.41) is 12.3. The lowest BCUT2D eigenvalue weighted by Gasteiger charge is -2.32. The Morgan fingerprint density at radius 2 is 0.917 bits per heavy atom. The predicted octanol–water partition coefficient (Wildman–Crippen LogP) is 2.97. The van der Waals surface area contributed by atoms with Crippen molar-refractivity contribution < 1.29 is 9.59 Å². The Morgan fingerprint density at radius 1 is 0.517 bits per heavy atom. The highest BCUT2D eigenvalue weighted by molar-refractivity contribution is 5.91. The van der Waals surface area contributed by atoms with Crippen LogP contribution >= 0.6 is 0 Å². The number of hydrogen-bond donors (Lipinski definition) is 4. The van der Waals surface area contributed by atoms with Crippen LogP contribution in [-0.2, 0) is 22.7 Å². The molecule has 0 aliphatic carbocycles. The van der Waals surface area contributed by atoms with Gasteiger partial charge < -0.3 is 40.2 Å². The molecule has 312 valence electrons. The minimum atomic E-state index is -0.0833. The number of fused-ring (bicyclic) bond motifs is 2. The average Bonchev–Trinajstić information content (AvgIpc) is 3.28. The molecule has 2 aliphatic rings. The average molecular weight is 813 g/mol. The van der Waals surface area contributed by atoms with Crippen molar-refractivity contribution in [2.45, 2.75) is 50.9 Å². The zero-order chi connectivity index (χ0) is 41.5. The van der Waals surface area contributed by atoms with Gasteiger partial charge in [-0.3, -0.25) is 19.2 Å². The first kappa shape index (κ1) is 41.9. The van der Waals surface area contributed by atoms with Crippen LogP contribution in [0.2, 0.25) is 0 Å². The van der Waals surface area contributed by atoms with E-state index in [1.807, 2.05) is 72.8 Å². The molecule has 6 aromatic rings. The molecular weight excluding hydrogens is 761 g/mol. The van der Waals surface area contributed by atoms with Crippen molar-refractivity contribution in [3.8, 4) is 0 Å². The van der Waals surface area contributed by atoms with Crippen LogP contribution in [0.4, 0.5) is 11.6 Å². The molecule has 0 bridgehead atoms. The van der Waals surface area contributed by atoms with E-state index in [0.717, 1.165) is 87.0 Å². The zero-order valence-electron chi connectivity index (χ0n) is 33.7. The molecule has 16 heteroatoms. The topological polar surface area (TPSA) is 184 Å². The number of piperidine rings is 2. The second-order valence-corrected chi connectivity index (χ2v) is 15.0. The van der Waals surface area contributed by atoms with Gasteiger partial charge in [-0.2, -0.15) is 0 Å². The highest BCUT2D eigenvalue weighted by atomic mass is 16.2. The molecule has 0 atom stereocenters. The van der Waals surface area contributed by atoms with Crippen LogP contribution in [0, 0.1) is 0 Å². The largest absolute Gasteiger partial charge is 0.310 e. The molecule has 2 saturated heterocycles. The SMILES string of the molecule is O=C(CNC1CCN(CCn2c(=O)cnc3ccccc32)CC1)Nc1ccccn1.O=C(CNC1CCN(CCn2c(=O)cnc3ccccc32)CC1)Nc1ccccn1. The smallest absolute Gasteiger partial charge is 0.269 e. The number of nitrogens with one attached hydrogen (secondary N) is 4. The lowest BCUT2D eigenvalue weighted by atomic mass is 10.1. The Bertz CT molecular complexity index is 2260. The molecule has 0 spiro atoms. The van der Waals surface area contributed by atoms with E-state index in [4.69, 9.17) is 0 Å². The Balaban J connectivity index is 0.000000181. The maximum atomic E-state index is 12.3. The molecular formula is C44H52N12O4. The predicted molar refractivity (Wildman–Crippen MR) is 233 cm³/mol. The van der Waals surface area contributed by atoms with E-state index < -0.39 is 0 Å². The summed E-state index contributed by atoms with van der Waals surface area (Å²) in [5.74, 6) is 0.969. The molecule has 0 saturated carbocycles. The summed E-state index contributed by atoms with van der Waals surface area (Å²) < 4.78 is 3.60. The van der Waals surface area contributed by atoms with Gasteiger partial charge in [0, 0.05) is 50.7 Å². The standard InChI is InChI=1S/2C22H26N6O2/c2*29-21(26-20-7-3-4-10-23-20)15-24-17-8-11-27(12-9-17)13-14-28-19-6-2-1-5-18(19)25-16-22(28)30/h2*1-7,10,16-17,24H,8-9,11-15H2,(H,23,26,29). The van der Waals surface area contributed by atoms with Crippen molar-refractivity contribution in [3.63, 3.8) is 0 Å². The van der Waals surface area contributed by atoms with Crippen molar-refractivity contribution in [1.82, 2.24) is 49.5 Å². The number of para-hydroxylation sites is 4. The second-order valence-electron chi connectivity index (χ2n) is 15.0. The van der Waals surface area contributed by atoms with Gasteiger partial charge in [0.15, 0.2) is 0 Å². The first-order chi connectivity index (χ1) is 29.4. The Morgan fingerprint density at radius 3 is 1.32 bits per heavy atom. The monoisotopic (exact) mass is 812 g/mol. The van der Waals surface area contributed by atoms with Crippen LogP contribution in [0.15, 0.2) is 119 Å². The van der Waals surface area contributed by atoms with Crippen LogP contribution in [0.25, 0.3) is 22.1 Å². The summed E-state index contributed by atoms with van der Waals surface area (Å²) in [6, 6.07) is 26.9. The van der Waals surface area contributed by atoms with Gasteiger partial charge in [-0.25, -0.2) is 19.9 Å². The van der Waals surface area contributed by atoms with E-state index >= 15 is 0 Å². The minimum absolute atomic E-state index is 0.0656. The van der Waals surface area contributed by atoms with E-state index in [9.17, 15) is 19.2 Å². The number of benzene rings is 2. The summed E-state index contributed by atoms with van der Waals surface area (Å²) in [7, 11) is 0. The quantitative estimate of drug-likeness (QED) is 0.126. The van der Waals surface area contributed by atoms with E-state index in [-0.39, 0.29) is 36.0 Å². The molecule has 2 aliphatic heterocycles. The van der Waals surface area contributed by atoms with Gasteiger partial charge in [-0.05, 0) is 100 Å². The third-order valence-corrected chi connectivity index (χ3v) is 10.9. The van der Waals surface area contributed by atoms with E-state index in [1.54, 1.807) is 33.7 Å². The van der Waals surface area contributed by atoms with Gasteiger partial charge in [0.05, 0.1) is 47.6 Å². The Hall–Kier alpha value is -6.20. The van der Waals surface area contributed by atoms with Crippen LogP contribution in [0.1, 0.15) is 25.7 Å². The number of pyridine rings is 2. The second kappa shape index (κ2) is 21.2. The normalized spacial score (nSPS) is 15.3. The van der Waals surface area contributed by atoms with Gasteiger partial charge in [0.1, 0.15) is 11.6 Å². The molecule has 2 fully saturated rings. The first-order valence-electron chi connectivity index (χ1n) is 20.6. The van der Waals surface area contributed by atoms with Crippen molar-refractivity contribution in [2.75, 3.05) is 63.0 Å². The molecule has 60 heavy (non-hydrogen) atoms. The van der Waals surface area contributed by atoms with Crippen molar-refractivity contribution in [1.29, 1.82) is 0 Å². The number of likely N-dealkylation sites (tertiary alicyclic amines) is 2. The maximum absolute atomic E-state index is 12.3. The van der Waals surface area contributed by atoms with E-state index in [0.29, 0.717) is 36.8 Å². The molecule has 0 radical (unpaired) electrons. The molecule has 2 aromatic carbocycles. The Labute approximate surface area is 348 Å². The minimum Gasteiger partial charge on any atom is -0.310 e. The fourth-order valence-electron chi connectivity index (χ4n) is 7.62. The number of rotatable bonds is 14. The number of carbonyl (C=O) groups excluding carboxylic acids is 2. The van der Waals surface area contributed by atoms with Gasteiger partial charge in [-0.15, -0.1) is 0 Å². The van der Waals surface area contributed by atoms with Crippen LogP contribution in [0.3, 0.4) is 0 Å². The molecule has 16 nitrogen and oxygen atoms in total. The highest BCUT2D eigenvalue weighted by Crippen LogP contribution is 2.14. The van der Waals surface area contributed by atoms with Gasteiger partial charge in [0.2, 0.25) is 11.8 Å². The third kappa shape index (κ3) is 11.9. The van der Waals surface area contributed by atoms with Gasteiger partial charge in [0.25, 0.3) is 11.1 Å². The summed E-state index contributed by atoms with van der Waals surface area (Å²) in [4.78, 5) is 70.0. The number of aromatic nitrogens is 6. The van der Waals surface area contributed by atoms with Crippen molar-refractivity contribution in [3.05, 3.63) is 130 Å².